The number of hydrogen-bond acceptors (Lipinski definition) is 4. The van der Waals surface area contributed by atoms with Gasteiger partial charge in [0, 0.05) is 32.0 Å². The smallest absolute Gasteiger partial charge is 0.308 e. The maximum atomic E-state index is 12.8. The Kier molecular flexibility index (Phi) is 5.20. The number of amides is 2. The molecule has 0 bridgehead atoms. The summed E-state index contributed by atoms with van der Waals surface area (Å²) in [5.74, 6) is -1.48. The molecule has 7 heteroatoms. The molecule has 0 aromatic heterocycles. The van der Waals surface area contributed by atoms with Crippen LogP contribution in [0.15, 0.2) is 54.6 Å². The van der Waals surface area contributed by atoms with Crippen LogP contribution < -0.4 is 9.64 Å². The Balaban J connectivity index is 1.44. The number of hydrogen-bond donors (Lipinski definition) is 1. The van der Waals surface area contributed by atoms with Gasteiger partial charge in [-0.2, -0.15) is 0 Å². The summed E-state index contributed by atoms with van der Waals surface area (Å²) >= 11 is 0. The lowest BCUT2D eigenvalue weighted by Gasteiger charge is -2.29. The van der Waals surface area contributed by atoms with Gasteiger partial charge in [0.2, 0.25) is 5.91 Å². The molecule has 4 rings (SSSR count). The summed E-state index contributed by atoms with van der Waals surface area (Å²) in [4.78, 5) is 40.0. The second-order valence-electron chi connectivity index (χ2n) is 7.31. The van der Waals surface area contributed by atoms with E-state index in [2.05, 4.69) is 0 Å². The first-order valence-corrected chi connectivity index (χ1v) is 9.62. The Morgan fingerprint density at radius 2 is 1.76 bits per heavy atom. The third-order valence-electron chi connectivity index (χ3n) is 5.58. The molecule has 2 aromatic rings. The first-order chi connectivity index (χ1) is 14.0. The van der Waals surface area contributed by atoms with Crippen LogP contribution in [0.4, 0.5) is 5.69 Å². The van der Waals surface area contributed by atoms with Gasteiger partial charge >= 0.3 is 5.97 Å². The van der Waals surface area contributed by atoms with Crippen LogP contribution in [0.5, 0.6) is 5.75 Å². The standard InChI is InChI=1S/C22H22N2O5/c25-20(10-11-24-18-8-4-5-9-19(18)29-14-21(24)26)23-12-16(17(13-23)22(27)28)15-6-2-1-3-7-15/h1-9,16-17H,10-14H2,(H,27,28). The summed E-state index contributed by atoms with van der Waals surface area (Å²) in [5, 5.41) is 9.62. The van der Waals surface area contributed by atoms with Crippen molar-refractivity contribution in [1.29, 1.82) is 0 Å². The van der Waals surface area contributed by atoms with Gasteiger partial charge < -0.3 is 19.6 Å². The molecular weight excluding hydrogens is 372 g/mol. The Labute approximate surface area is 168 Å². The fraction of sp³-hybridized carbons (Fsp3) is 0.318. The zero-order valence-electron chi connectivity index (χ0n) is 15.9. The topological polar surface area (TPSA) is 87.2 Å². The van der Waals surface area contributed by atoms with Crippen LogP contribution in [0, 0.1) is 5.92 Å². The summed E-state index contributed by atoms with van der Waals surface area (Å²) in [7, 11) is 0. The van der Waals surface area contributed by atoms with Crippen molar-refractivity contribution in [2.45, 2.75) is 12.3 Å². The third-order valence-corrected chi connectivity index (χ3v) is 5.58. The number of fused-ring (bicyclic) bond motifs is 1. The second kappa shape index (κ2) is 7.95. The molecule has 150 valence electrons. The molecule has 0 spiro atoms. The van der Waals surface area contributed by atoms with Crippen molar-refractivity contribution >= 4 is 23.5 Å². The number of nitrogens with zero attached hydrogens (tertiary/aromatic N) is 2. The van der Waals surface area contributed by atoms with Crippen LogP contribution in [-0.2, 0) is 14.4 Å². The van der Waals surface area contributed by atoms with Crippen molar-refractivity contribution in [2.75, 3.05) is 31.1 Å². The Hall–Kier alpha value is -3.35. The molecule has 2 atom stereocenters. The maximum absolute atomic E-state index is 12.8. The van der Waals surface area contributed by atoms with E-state index in [1.165, 1.54) is 0 Å². The molecule has 2 unspecified atom stereocenters. The number of ether oxygens (including phenoxy) is 1. The lowest BCUT2D eigenvalue weighted by atomic mass is 9.89. The highest BCUT2D eigenvalue weighted by atomic mass is 16.5. The quantitative estimate of drug-likeness (QED) is 0.840. The van der Waals surface area contributed by atoms with Gasteiger partial charge in [0.05, 0.1) is 11.6 Å². The van der Waals surface area contributed by atoms with Gasteiger partial charge in [-0.15, -0.1) is 0 Å². The fourth-order valence-electron chi connectivity index (χ4n) is 4.06. The van der Waals surface area contributed by atoms with Crippen LogP contribution in [-0.4, -0.2) is 54.0 Å². The first kappa shape index (κ1) is 19.0. The van der Waals surface area contributed by atoms with Crippen LogP contribution in [0.2, 0.25) is 0 Å². The van der Waals surface area contributed by atoms with Crippen LogP contribution in [0.3, 0.4) is 0 Å². The zero-order valence-corrected chi connectivity index (χ0v) is 15.9. The van der Waals surface area contributed by atoms with E-state index >= 15 is 0 Å². The van der Waals surface area contributed by atoms with E-state index in [-0.39, 0.29) is 43.8 Å². The average Bonchev–Trinajstić information content (AvgIpc) is 3.19. The molecule has 0 aliphatic carbocycles. The Morgan fingerprint density at radius 1 is 1.03 bits per heavy atom. The first-order valence-electron chi connectivity index (χ1n) is 9.62. The van der Waals surface area contributed by atoms with Crippen molar-refractivity contribution in [3.8, 4) is 5.75 Å². The second-order valence-corrected chi connectivity index (χ2v) is 7.31. The SMILES string of the molecule is O=C(O)C1CN(C(=O)CCN2C(=O)COc3ccccc32)CC1c1ccccc1. The summed E-state index contributed by atoms with van der Waals surface area (Å²) < 4.78 is 5.42. The number of benzene rings is 2. The summed E-state index contributed by atoms with van der Waals surface area (Å²) in [6.45, 7) is 0.739. The highest BCUT2D eigenvalue weighted by Gasteiger charge is 2.40. The van der Waals surface area contributed by atoms with Crippen molar-refractivity contribution in [3.63, 3.8) is 0 Å². The van der Waals surface area contributed by atoms with E-state index in [1.807, 2.05) is 42.5 Å². The average molecular weight is 394 g/mol. The van der Waals surface area contributed by atoms with E-state index in [0.29, 0.717) is 18.0 Å². The van der Waals surface area contributed by atoms with E-state index in [1.54, 1.807) is 21.9 Å². The predicted molar refractivity (Wildman–Crippen MR) is 106 cm³/mol. The number of rotatable bonds is 5. The third kappa shape index (κ3) is 3.81. The largest absolute Gasteiger partial charge is 0.482 e. The number of carbonyl (C=O) groups excluding carboxylic acids is 2. The molecule has 1 saturated heterocycles. The minimum absolute atomic E-state index is 0.0495. The minimum Gasteiger partial charge on any atom is -0.482 e. The minimum atomic E-state index is -0.897. The van der Waals surface area contributed by atoms with Crippen molar-refractivity contribution in [3.05, 3.63) is 60.2 Å². The van der Waals surface area contributed by atoms with Crippen molar-refractivity contribution < 1.29 is 24.2 Å². The number of aliphatic carboxylic acids is 1. The van der Waals surface area contributed by atoms with Gasteiger partial charge in [-0.1, -0.05) is 42.5 Å². The Morgan fingerprint density at radius 3 is 2.52 bits per heavy atom. The lowest BCUT2D eigenvalue weighted by molar-refractivity contribution is -0.141. The molecule has 2 aromatic carbocycles. The number of para-hydroxylation sites is 2. The normalized spacial score (nSPS) is 20.9. The van der Waals surface area contributed by atoms with E-state index in [9.17, 15) is 19.5 Å². The molecule has 2 aliphatic heterocycles. The van der Waals surface area contributed by atoms with Gasteiger partial charge in [-0.3, -0.25) is 14.4 Å². The molecule has 0 radical (unpaired) electrons. The maximum Gasteiger partial charge on any atom is 0.308 e. The highest BCUT2D eigenvalue weighted by molar-refractivity contribution is 5.98. The molecule has 7 nitrogen and oxygen atoms in total. The predicted octanol–water partition coefficient (Wildman–Crippen LogP) is 2.13. The lowest BCUT2D eigenvalue weighted by Crippen LogP contribution is -2.41. The Bertz CT molecular complexity index is 930. The number of likely N-dealkylation sites (tertiary alicyclic amines) is 1. The van der Waals surface area contributed by atoms with Gasteiger partial charge in [0.15, 0.2) is 6.61 Å². The molecular formula is C22H22N2O5. The highest BCUT2D eigenvalue weighted by Crippen LogP contribution is 2.34. The molecule has 29 heavy (non-hydrogen) atoms. The fourth-order valence-corrected chi connectivity index (χ4v) is 4.06. The van der Waals surface area contributed by atoms with Crippen LogP contribution in [0.1, 0.15) is 17.9 Å². The van der Waals surface area contributed by atoms with Gasteiger partial charge in [-0.25, -0.2) is 0 Å². The number of anilines is 1. The number of carboxylic acids is 1. The monoisotopic (exact) mass is 394 g/mol. The molecule has 1 N–H and O–H groups in total. The van der Waals surface area contributed by atoms with Gasteiger partial charge in [0.25, 0.3) is 5.91 Å². The summed E-state index contributed by atoms with van der Waals surface area (Å²) in [5.41, 5.74) is 1.58. The van der Waals surface area contributed by atoms with Crippen LogP contribution >= 0.6 is 0 Å². The number of carboxylic acid groups (broad SMARTS) is 1. The van der Waals surface area contributed by atoms with Gasteiger partial charge in [-0.05, 0) is 17.7 Å². The molecule has 1 fully saturated rings. The summed E-state index contributed by atoms with van der Waals surface area (Å²) in [6.07, 6.45) is 0.133. The zero-order chi connectivity index (χ0) is 20.4. The summed E-state index contributed by atoms with van der Waals surface area (Å²) in [6, 6.07) is 16.7. The molecule has 2 aliphatic rings. The van der Waals surface area contributed by atoms with Crippen molar-refractivity contribution in [1.82, 2.24) is 4.90 Å². The molecule has 2 heterocycles. The number of carbonyl (C=O) groups is 3. The van der Waals surface area contributed by atoms with E-state index < -0.39 is 11.9 Å². The van der Waals surface area contributed by atoms with Crippen LogP contribution in [0.25, 0.3) is 0 Å². The van der Waals surface area contributed by atoms with E-state index in [0.717, 1.165) is 5.56 Å². The van der Waals surface area contributed by atoms with Gasteiger partial charge in [0.1, 0.15) is 5.75 Å². The van der Waals surface area contributed by atoms with Crippen molar-refractivity contribution in [2.24, 2.45) is 5.92 Å². The molecule has 0 saturated carbocycles. The van der Waals surface area contributed by atoms with E-state index in [4.69, 9.17) is 4.74 Å². The molecule has 2 amide bonds.